The van der Waals surface area contributed by atoms with Crippen LogP contribution in [0.5, 0.6) is 5.75 Å². The van der Waals surface area contributed by atoms with E-state index >= 15 is 0 Å². The SMILES string of the molecule is COC(=O)C(C)CN(C)C(=O)c1cccc(O)c1. The molecular formula is C13H17NO4. The Bertz CT molecular complexity index is 444. The van der Waals surface area contributed by atoms with Crippen molar-refractivity contribution in [2.75, 3.05) is 20.7 Å². The van der Waals surface area contributed by atoms with Gasteiger partial charge in [0.1, 0.15) is 5.75 Å². The Labute approximate surface area is 106 Å². The molecule has 0 bridgehead atoms. The highest BCUT2D eigenvalue weighted by Gasteiger charge is 2.19. The average molecular weight is 251 g/mol. The summed E-state index contributed by atoms with van der Waals surface area (Å²) < 4.78 is 4.60. The maximum absolute atomic E-state index is 12.0. The summed E-state index contributed by atoms with van der Waals surface area (Å²) in [5.74, 6) is -0.955. The van der Waals surface area contributed by atoms with E-state index in [9.17, 15) is 14.7 Å². The fraction of sp³-hybridized carbons (Fsp3) is 0.385. The van der Waals surface area contributed by atoms with Crippen LogP contribution in [0.2, 0.25) is 0 Å². The molecule has 0 aromatic heterocycles. The molecule has 0 saturated heterocycles. The van der Waals surface area contributed by atoms with Gasteiger partial charge in [0.15, 0.2) is 0 Å². The number of phenols is 1. The number of methoxy groups -OCH3 is 1. The van der Waals surface area contributed by atoms with Gasteiger partial charge in [-0.05, 0) is 18.2 Å². The Morgan fingerprint density at radius 3 is 2.67 bits per heavy atom. The molecule has 18 heavy (non-hydrogen) atoms. The monoisotopic (exact) mass is 251 g/mol. The number of nitrogens with zero attached hydrogens (tertiary/aromatic N) is 1. The molecule has 0 aliphatic carbocycles. The fourth-order valence-electron chi connectivity index (χ4n) is 1.63. The minimum absolute atomic E-state index is 0.0373. The third-order valence-electron chi connectivity index (χ3n) is 2.59. The summed E-state index contributed by atoms with van der Waals surface area (Å²) >= 11 is 0. The summed E-state index contributed by atoms with van der Waals surface area (Å²) in [5.41, 5.74) is 0.384. The van der Waals surface area contributed by atoms with Gasteiger partial charge in [0.2, 0.25) is 0 Å². The van der Waals surface area contributed by atoms with Gasteiger partial charge in [-0.25, -0.2) is 0 Å². The van der Waals surface area contributed by atoms with E-state index in [4.69, 9.17) is 0 Å². The first-order valence-corrected chi connectivity index (χ1v) is 5.58. The number of aromatic hydroxyl groups is 1. The number of hydrogen-bond donors (Lipinski definition) is 1. The first kappa shape index (κ1) is 14.0. The van der Waals surface area contributed by atoms with E-state index < -0.39 is 0 Å². The number of rotatable bonds is 4. The van der Waals surface area contributed by atoms with Crippen molar-refractivity contribution < 1.29 is 19.4 Å². The molecule has 0 spiro atoms. The van der Waals surface area contributed by atoms with E-state index in [-0.39, 0.29) is 30.1 Å². The van der Waals surface area contributed by atoms with Gasteiger partial charge in [-0.3, -0.25) is 9.59 Å². The Balaban J connectivity index is 2.70. The lowest BCUT2D eigenvalue weighted by Gasteiger charge is -2.20. The van der Waals surface area contributed by atoms with Crippen LogP contribution in [0.25, 0.3) is 0 Å². The summed E-state index contributed by atoms with van der Waals surface area (Å²) in [6, 6.07) is 6.09. The van der Waals surface area contributed by atoms with E-state index in [1.54, 1.807) is 26.1 Å². The van der Waals surface area contributed by atoms with Crippen LogP contribution in [-0.2, 0) is 9.53 Å². The van der Waals surface area contributed by atoms with E-state index in [0.717, 1.165) is 0 Å². The number of hydrogen-bond acceptors (Lipinski definition) is 4. The van der Waals surface area contributed by atoms with Crippen molar-refractivity contribution in [2.24, 2.45) is 5.92 Å². The van der Waals surface area contributed by atoms with Crippen LogP contribution >= 0.6 is 0 Å². The largest absolute Gasteiger partial charge is 0.508 e. The third kappa shape index (κ3) is 3.48. The second-order valence-electron chi connectivity index (χ2n) is 4.16. The van der Waals surface area contributed by atoms with E-state index in [1.165, 1.54) is 24.1 Å². The molecule has 0 aliphatic heterocycles. The number of amides is 1. The minimum Gasteiger partial charge on any atom is -0.508 e. The molecule has 5 nitrogen and oxygen atoms in total. The van der Waals surface area contributed by atoms with Crippen LogP contribution in [0.1, 0.15) is 17.3 Å². The number of benzene rings is 1. The molecule has 0 saturated carbocycles. The zero-order chi connectivity index (χ0) is 13.7. The van der Waals surface area contributed by atoms with Crippen molar-refractivity contribution in [2.45, 2.75) is 6.92 Å². The van der Waals surface area contributed by atoms with Crippen LogP contribution in [0.3, 0.4) is 0 Å². The van der Waals surface area contributed by atoms with Crippen LogP contribution in [-0.4, -0.2) is 42.6 Å². The van der Waals surface area contributed by atoms with Crippen LogP contribution in [0.4, 0.5) is 0 Å². The maximum Gasteiger partial charge on any atom is 0.310 e. The van der Waals surface area contributed by atoms with Crippen LogP contribution < -0.4 is 0 Å². The van der Waals surface area contributed by atoms with Crippen LogP contribution in [0.15, 0.2) is 24.3 Å². The second kappa shape index (κ2) is 6.05. The van der Waals surface area contributed by atoms with E-state index in [1.807, 2.05) is 0 Å². The molecule has 1 amide bonds. The maximum atomic E-state index is 12.0. The molecule has 1 N–H and O–H groups in total. The number of ether oxygens (including phenoxy) is 1. The zero-order valence-electron chi connectivity index (χ0n) is 10.7. The Kier molecular flexibility index (Phi) is 4.71. The lowest BCUT2D eigenvalue weighted by atomic mass is 10.1. The highest BCUT2D eigenvalue weighted by Crippen LogP contribution is 2.13. The van der Waals surface area contributed by atoms with Gasteiger partial charge < -0.3 is 14.7 Å². The summed E-state index contributed by atoms with van der Waals surface area (Å²) in [6.45, 7) is 1.96. The van der Waals surface area contributed by atoms with Gasteiger partial charge in [0.05, 0.1) is 13.0 Å². The summed E-state index contributed by atoms with van der Waals surface area (Å²) in [4.78, 5) is 24.7. The molecule has 98 valence electrons. The van der Waals surface area contributed by atoms with Crippen molar-refractivity contribution in [3.05, 3.63) is 29.8 Å². The summed E-state index contributed by atoms with van der Waals surface area (Å²) in [7, 11) is 2.92. The molecule has 1 aromatic carbocycles. The van der Waals surface area contributed by atoms with E-state index in [2.05, 4.69) is 4.74 Å². The van der Waals surface area contributed by atoms with Crippen molar-refractivity contribution in [1.82, 2.24) is 4.90 Å². The van der Waals surface area contributed by atoms with Gasteiger partial charge in [-0.15, -0.1) is 0 Å². The van der Waals surface area contributed by atoms with Crippen LogP contribution in [0, 0.1) is 5.92 Å². The van der Waals surface area contributed by atoms with Gasteiger partial charge in [0, 0.05) is 19.2 Å². The standard InChI is InChI=1S/C13H17NO4/c1-9(13(17)18-3)8-14(2)12(16)10-5-4-6-11(15)7-10/h4-7,9,15H,8H2,1-3H3. The van der Waals surface area contributed by atoms with Gasteiger partial charge in [0.25, 0.3) is 5.91 Å². The average Bonchev–Trinajstić information content (AvgIpc) is 2.36. The molecule has 0 radical (unpaired) electrons. The smallest absolute Gasteiger partial charge is 0.310 e. The van der Waals surface area contributed by atoms with Gasteiger partial charge in [-0.2, -0.15) is 0 Å². The normalized spacial score (nSPS) is 11.7. The number of carbonyl (C=O) groups is 2. The number of esters is 1. The molecule has 1 atom stereocenters. The molecule has 0 fully saturated rings. The predicted molar refractivity (Wildman–Crippen MR) is 66.2 cm³/mol. The predicted octanol–water partition coefficient (Wildman–Crippen LogP) is 1.27. The highest BCUT2D eigenvalue weighted by molar-refractivity contribution is 5.94. The third-order valence-corrected chi connectivity index (χ3v) is 2.59. The molecule has 0 heterocycles. The van der Waals surface area contributed by atoms with Crippen molar-refractivity contribution in [3.63, 3.8) is 0 Å². The number of carbonyl (C=O) groups excluding carboxylic acids is 2. The Morgan fingerprint density at radius 1 is 1.44 bits per heavy atom. The number of phenolic OH excluding ortho intramolecular Hbond substituents is 1. The highest BCUT2D eigenvalue weighted by atomic mass is 16.5. The Hall–Kier alpha value is -2.04. The lowest BCUT2D eigenvalue weighted by Crippen LogP contribution is -2.34. The molecule has 5 heteroatoms. The first-order chi connectivity index (χ1) is 8.45. The fourth-order valence-corrected chi connectivity index (χ4v) is 1.63. The molecule has 1 unspecified atom stereocenters. The van der Waals surface area contributed by atoms with Crippen molar-refractivity contribution in [3.8, 4) is 5.75 Å². The molecule has 0 aliphatic rings. The first-order valence-electron chi connectivity index (χ1n) is 5.58. The summed E-state index contributed by atoms with van der Waals surface area (Å²) in [5, 5.41) is 9.31. The zero-order valence-corrected chi connectivity index (χ0v) is 10.7. The van der Waals surface area contributed by atoms with Crippen molar-refractivity contribution in [1.29, 1.82) is 0 Å². The van der Waals surface area contributed by atoms with E-state index in [0.29, 0.717) is 5.56 Å². The molecule has 1 aromatic rings. The minimum atomic E-state index is -0.388. The van der Waals surface area contributed by atoms with Crippen molar-refractivity contribution >= 4 is 11.9 Å². The Morgan fingerprint density at radius 2 is 2.11 bits per heavy atom. The topological polar surface area (TPSA) is 66.8 Å². The molecule has 1 rings (SSSR count). The quantitative estimate of drug-likeness (QED) is 0.818. The van der Waals surface area contributed by atoms with Gasteiger partial charge >= 0.3 is 5.97 Å². The second-order valence-corrected chi connectivity index (χ2v) is 4.16. The summed E-state index contributed by atoms with van der Waals surface area (Å²) in [6.07, 6.45) is 0. The molecular weight excluding hydrogens is 234 g/mol. The van der Waals surface area contributed by atoms with Gasteiger partial charge in [-0.1, -0.05) is 13.0 Å². The lowest BCUT2D eigenvalue weighted by molar-refractivity contribution is -0.145.